The molecule has 1 aromatic rings. The third-order valence-electron chi connectivity index (χ3n) is 5.95. The summed E-state index contributed by atoms with van der Waals surface area (Å²) >= 11 is 0. The Hall–Kier alpha value is -2.03. The lowest BCUT2D eigenvalue weighted by molar-refractivity contribution is -0.131. The number of hydrogen-bond donors (Lipinski definition) is 1. The van der Waals surface area contributed by atoms with Gasteiger partial charge < -0.3 is 9.84 Å². The Morgan fingerprint density at radius 3 is 2.62 bits per heavy atom. The SMILES string of the molecule is CC(/C=C/[C@@H]1C[C@]1(C)c1cc(C(C)C)c2c(c1)C(C)(C)CO2)=C\C(=O)O. The molecule has 1 N–H and O–H groups in total. The molecule has 1 fully saturated rings. The molecular weight excluding hydrogens is 324 g/mol. The summed E-state index contributed by atoms with van der Waals surface area (Å²) in [5.74, 6) is 1.07. The van der Waals surface area contributed by atoms with E-state index in [9.17, 15) is 4.79 Å². The number of carboxylic acids is 1. The van der Waals surface area contributed by atoms with E-state index in [2.05, 4.69) is 52.8 Å². The average molecular weight is 354 g/mol. The highest BCUT2D eigenvalue weighted by Gasteiger charge is 2.50. The van der Waals surface area contributed by atoms with Gasteiger partial charge in [-0.3, -0.25) is 0 Å². The highest BCUT2D eigenvalue weighted by Crippen LogP contribution is 2.57. The van der Waals surface area contributed by atoms with Crippen molar-refractivity contribution in [2.24, 2.45) is 5.92 Å². The first-order valence-electron chi connectivity index (χ1n) is 9.46. The van der Waals surface area contributed by atoms with Crippen molar-refractivity contribution in [1.82, 2.24) is 0 Å². The lowest BCUT2D eigenvalue weighted by Gasteiger charge is -2.21. The van der Waals surface area contributed by atoms with Gasteiger partial charge in [-0.25, -0.2) is 4.79 Å². The first-order chi connectivity index (χ1) is 12.0. The predicted octanol–water partition coefficient (Wildman–Crippen LogP) is 5.34. The maximum absolute atomic E-state index is 10.8. The van der Waals surface area contributed by atoms with Crippen molar-refractivity contribution < 1.29 is 14.6 Å². The highest BCUT2D eigenvalue weighted by molar-refractivity contribution is 5.81. The van der Waals surface area contributed by atoms with Crippen LogP contribution in [0.3, 0.4) is 0 Å². The summed E-state index contributed by atoms with van der Waals surface area (Å²) in [5, 5.41) is 8.84. The van der Waals surface area contributed by atoms with E-state index < -0.39 is 5.97 Å². The number of benzene rings is 1. The van der Waals surface area contributed by atoms with Gasteiger partial charge in [0.05, 0.1) is 6.61 Å². The van der Waals surface area contributed by atoms with Gasteiger partial charge in [-0.05, 0) is 47.3 Å². The molecule has 26 heavy (non-hydrogen) atoms. The van der Waals surface area contributed by atoms with E-state index in [0.717, 1.165) is 24.4 Å². The summed E-state index contributed by atoms with van der Waals surface area (Å²) < 4.78 is 6.06. The van der Waals surface area contributed by atoms with Gasteiger partial charge in [0.15, 0.2) is 0 Å². The zero-order valence-corrected chi connectivity index (χ0v) is 16.7. The fraction of sp³-hybridized carbons (Fsp3) is 0.522. The topological polar surface area (TPSA) is 46.5 Å². The van der Waals surface area contributed by atoms with Crippen molar-refractivity contribution >= 4 is 5.97 Å². The van der Waals surface area contributed by atoms with Crippen LogP contribution >= 0.6 is 0 Å². The summed E-state index contributed by atoms with van der Waals surface area (Å²) in [4.78, 5) is 10.8. The third-order valence-corrected chi connectivity index (χ3v) is 5.95. The minimum atomic E-state index is -0.895. The van der Waals surface area contributed by atoms with Crippen LogP contribution < -0.4 is 4.74 Å². The summed E-state index contributed by atoms with van der Waals surface area (Å²) in [6.07, 6.45) is 6.45. The van der Waals surface area contributed by atoms with Crippen LogP contribution in [0.15, 0.2) is 35.9 Å². The second-order valence-corrected chi connectivity index (χ2v) is 9.08. The molecule has 1 aliphatic heterocycles. The van der Waals surface area contributed by atoms with Gasteiger partial charge in [0, 0.05) is 17.1 Å². The number of aliphatic carboxylic acids is 1. The molecule has 2 atom stereocenters. The summed E-state index contributed by atoms with van der Waals surface area (Å²) in [5.41, 5.74) is 4.97. The molecule has 2 aliphatic rings. The Balaban J connectivity index is 1.92. The summed E-state index contributed by atoms with van der Waals surface area (Å²) in [7, 11) is 0. The summed E-state index contributed by atoms with van der Waals surface area (Å²) in [6, 6.07) is 4.68. The van der Waals surface area contributed by atoms with Gasteiger partial charge in [-0.15, -0.1) is 0 Å². The van der Waals surface area contributed by atoms with Gasteiger partial charge in [0.1, 0.15) is 5.75 Å². The molecular formula is C23H30O3. The number of hydrogen-bond acceptors (Lipinski definition) is 2. The van der Waals surface area contributed by atoms with Gasteiger partial charge in [-0.1, -0.05) is 58.9 Å². The zero-order valence-electron chi connectivity index (χ0n) is 16.7. The molecule has 3 rings (SSSR count). The first kappa shape index (κ1) is 18.8. The number of rotatable bonds is 5. The molecule has 0 bridgehead atoms. The van der Waals surface area contributed by atoms with Crippen molar-refractivity contribution in [3.8, 4) is 5.75 Å². The number of fused-ring (bicyclic) bond motifs is 1. The lowest BCUT2D eigenvalue weighted by atomic mass is 9.81. The molecule has 0 radical (unpaired) electrons. The summed E-state index contributed by atoms with van der Waals surface area (Å²) in [6.45, 7) is 13.8. The van der Waals surface area contributed by atoms with E-state index in [1.54, 1.807) is 0 Å². The number of carbonyl (C=O) groups is 1. The Bertz CT molecular complexity index is 798. The lowest BCUT2D eigenvalue weighted by Crippen LogP contribution is -2.19. The van der Waals surface area contributed by atoms with Crippen LogP contribution in [-0.2, 0) is 15.6 Å². The molecule has 1 aromatic carbocycles. The van der Waals surface area contributed by atoms with Crippen LogP contribution in [-0.4, -0.2) is 17.7 Å². The normalized spacial score (nSPS) is 26.9. The smallest absolute Gasteiger partial charge is 0.328 e. The second kappa shape index (κ2) is 6.29. The van der Waals surface area contributed by atoms with Gasteiger partial charge in [0.25, 0.3) is 0 Å². The average Bonchev–Trinajstić information content (AvgIpc) is 3.11. The van der Waals surface area contributed by atoms with Crippen LogP contribution in [0.25, 0.3) is 0 Å². The Labute approximate surface area is 156 Å². The number of ether oxygens (including phenoxy) is 1. The molecule has 1 aliphatic carbocycles. The van der Waals surface area contributed by atoms with E-state index in [1.165, 1.54) is 22.8 Å². The largest absolute Gasteiger partial charge is 0.492 e. The van der Waals surface area contributed by atoms with Crippen molar-refractivity contribution in [2.45, 2.75) is 64.7 Å². The molecule has 0 saturated heterocycles. The highest BCUT2D eigenvalue weighted by atomic mass is 16.5. The van der Waals surface area contributed by atoms with Crippen molar-refractivity contribution in [2.75, 3.05) is 6.61 Å². The standard InChI is InChI=1S/C23H30O3/c1-14(2)18-10-17(11-19-21(18)26-13-22(19,4)5)23(6)12-16(23)8-7-15(3)9-20(24)25/h7-11,14,16H,12-13H2,1-6H3,(H,24,25)/b8-7+,15-9+/t16-,23+/m1/s1. The first-order valence-corrected chi connectivity index (χ1v) is 9.46. The van der Waals surface area contributed by atoms with E-state index in [-0.39, 0.29) is 10.8 Å². The van der Waals surface area contributed by atoms with Crippen LogP contribution in [0.5, 0.6) is 5.75 Å². The van der Waals surface area contributed by atoms with E-state index in [1.807, 2.05) is 13.0 Å². The fourth-order valence-corrected chi connectivity index (χ4v) is 3.93. The maximum Gasteiger partial charge on any atom is 0.328 e. The Kier molecular flexibility index (Phi) is 4.54. The van der Waals surface area contributed by atoms with Crippen LogP contribution in [0.1, 0.15) is 70.6 Å². The quantitative estimate of drug-likeness (QED) is 0.573. The fourth-order valence-electron chi connectivity index (χ4n) is 3.93. The number of carboxylic acid groups (broad SMARTS) is 1. The second-order valence-electron chi connectivity index (χ2n) is 9.08. The monoisotopic (exact) mass is 354 g/mol. The Morgan fingerprint density at radius 1 is 1.31 bits per heavy atom. The Morgan fingerprint density at radius 2 is 2.00 bits per heavy atom. The molecule has 3 heteroatoms. The minimum Gasteiger partial charge on any atom is -0.492 e. The van der Waals surface area contributed by atoms with E-state index >= 15 is 0 Å². The number of allylic oxidation sites excluding steroid dienone is 3. The molecule has 1 saturated carbocycles. The van der Waals surface area contributed by atoms with Crippen LogP contribution in [0.4, 0.5) is 0 Å². The van der Waals surface area contributed by atoms with Gasteiger partial charge in [-0.2, -0.15) is 0 Å². The van der Waals surface area contributed by atoms with Gasteiger partial charge >= 0.3 is 5.97 Å². The molecule has 3 nitrogen and oxygen atoms in total. The van der Waals surface area contributed by atoms with Crippen molar-refractivity contribution in [3.63, 3.8) is 0 Å². The van der Waals surface area contributed by atoms with Crippen molar-refractivity contribution in [1.29, 1.82) is 0 Å². The van der Waals surface area contributed by atoms with Crippen molar-refractivity contribution in [3.05, 3.63) is 52.6 Å². The van der Waals surface area contributed by atoms with Gasteiger partial charge in [0.2, 0.25) is 0 Å². The molecule has 0 spiro atoms. The van der Waals surface area contributed by atoms with Crippen LogP contribution in [0, 0.1) is 5.92 Å². The molecule has 0 unspecified atom stereocenters. The third kappa shape index (κ3) is 3.32. The maximum atomic E-state index is 10.8. The molecule has 0 aromatic heterocycles. The molecule has 140 valence electrons. The molecule has 1 heterocycles. The van der Waals surface area contributed by atoms with E-state index in [0.29, 0.717) is 11.8 Å². The predicted molar refractivity (Wildman–Crippen MR) is 105 cm³/mol. The molecule has 0 amide bonds. The minimum absolute atomic E-state index is 0.0480. The zero-order chi connectivity index (χ0) is 19.3. The van der Waals surface area contributed by atoms with Crippen LogP contribution in [0.2, 0.25) is 0 Å². The van der Waals surface area contributed by atoms with E-state index in [4.69, 9.17) is 9.84 Å².